The van der Waals surface area contributed by atoms with Crippen molar-refractivity contribution in [3.63, 3.8) is 0 Å². The van der Waals surface area contributed by atoms with E-state index in [0.29, 0.717) is 47.2 Å². The Balaban J connectivity index is 1.68. The number of fused-ring (bicyclic) bond motifs is 2. The van der Waals surface area contributed by atoms with Crippen LogP contribution in [0.15, 0.2) is 6.07 Å². The van der Waals surface area contributed by atoms with Gasteiger partial charge in [0.1, 0.15) is 11.4 Å². The second kappa shape index (κ2) is 8.72. The molecule has 0 spiro atoms. The van der Waals surface area contributed by atoms with Gasteiger partial charge in [-0.05, 0) is 52.5 Å². The van der Waals surface area contributed by atoms with Gasteiger partial charge in [0.15, 0.2) is 0 Å². The molecule has 4 rings (SSSR count). The van der Waals surface area contributed by atoms with E-state index in [1.807, 2.05) is 37.5 Å². The summed E-state index contributed by atoms with van der Waals surface area (Å²) < 4.78 is 26.5. The van der Waals surface area contributed by atoms with Crippen LogP contribution in [0.5, 0.6) is 0 Å². The summed E-state index contributed by atoms with van der Waals surface area (Å²) in [5, 5.41) is 1.15. The smallest absolute Gasteiger partial charge is 0.410 e. The largest absolute Gasteiger partial charge is 0.444 e. The molecule has 32 heavy (non-hydrogen) atoms. The number of carbonyl (C=O) groups is 1. The predicted octanol–water partition coefficient (Wildman–Crippen LogP) is 4.54. The highest BCUT2D eigenvalue weighted by atomic mass is 35.5. The Kier molecular flexibility index (Phi) is 6.31. The van der Waals surface area contributed by atoms with E-state index in [1.54, 1.807) is 0 Å². The van der Waals surface area contributed by atoms with Crippen LogP contribution in [0.4, 0.5) is 14.9 Å². The molecule has 2 aliphatic rings. The molecule has 1 amide bonds. The van der Waals surface area contributed by atoms with E-state index in [4.69, 9.17) is 26.8 Å². The summed E-state index contributed by atoms with van der Waals surface area (Å²) in [6, 6.07) is 1.47. The number of aromatic amines is 1. The number of nitrogens with two attached hydrogens (primary N) is 1. The van der Waals surface area contributed by atoms with Gasteiger partial charge in [-0.3, -0.25) is 0 Å². The summed E-state index contributed by atoms with van der Waals surface area (Å²) in [7, 11) is 0. The Morgan fingerprint density at radius 3 is 2.75 bits per heavy atom. The summed E-state index contributed by atoms with van der Waals surface area (Å²) in [5.41, 5.74) is 7.58. The lowest BCUT2D eigenvalue weighted by atomic mass is 9.91. The number of nitrogens with one attached hydrogen (secondary N) is 1. The van der Waals surface area contributed by atoms with Crippen LogP contribution in [0.3, 0.4) is 0 Å². The van der Waals surface area contributed by atoms with E-state index in [1.165, 1.54) is 6.07 Å². The Bertz CT molecular complexity index is 1020. The van der Waals surface area contributed by atoms with Gasteiger partial charge >= 0.3 is 6.09 Å². The number of aromatic nitrogens is 1. The molecule has 1 aromatic carbocycles. The maximum Gasteiger partial charge on any atom is 0.410 e. The second-order valence-corrected chi connectivity index (χ2v) is 10.1. The van der Waals surface area contributed by atoms with Crippen LogP contribution in [0, 0.1) is 18.7 Å². The molecule has 2 saturated heterocycles. The molecule has 3 heterocycles. The van der Waals surface area contributed by atoms with Gasteiger partial charge < -0.3 is 30.0 Å². The zero-order valence-electron chi connectivity index (χ0n) is 19.1. The third-order valence-electron chi connectivity index (χ3n) is 6.38. The molecule has 2 atom stereocenters. The third-order valence-corrected chi connectivity index (χ3v) is 6.85. The molecule has 2 fully saturated rings. The molecule has 7 nitrogen and oxygen atoms in total. The molecule has 0 saturated carbocycles. The minimum Gasteiger partial charge on any atom is -0.444 e. The van der Waals surface area contributed by atoms with Crippen LogP contribution in [0.25, 0.3) is 10.9 Å². The molecule has 2 aliphatic heterocycles. The summed E-state index contributed by atoms with van der Waals surface area (Å²) in [4.78, 5) is 19.9. The molecule has 2 unspecified atom stereocenters. The number of halogens is 2. The Morgan fingerprint density at radius 2 is 2.06 bits per heavy atom. The lowest BCUT2D eigenvalue weighted by molar-refractivity contribution is 0.0203. The maximum absolute atomic E-state index is 15.5. The number of likely N-dealkylation sites (tertiary alicyclic amines) is 1. The first-order chi connectivity index (χ1) is 15.1. The average Bonchev–Trinajstić information content (AvgIpc) is 3.26. The van der Waals surface area contributed by atoms with Gasteiger partial charge in [0.05, 0.1) is 35.6 Å². The Hall–Kier alpha value is -2.03. The van der Waals surface area contributed by atoms with Crippen molar-refractivity contribution in [1.82, 2.24) is 9.88 Å². The second-order valence-electron chi connectivity index (χ2n) is 9.72. The first-order valence-corrected chi connectivity index (χ1v) is 11.5. The number of hydrogen-bond donors (Lipinski definition) is 2. The summed E-state index contributed by atoms with van der Waals surface area (Å²) >= 11 is 6.63. The van der Waals surface area contributed by atoms with E-state index in [0.717, 1.165) is 24.1 Å². The number of piperidine rings is 1. The van der Waals surface area contributed by atoms with Crippen molar-refractivity contribution < 1.29 is 18.7 Å². The van der Waals surface area contributed by atoms with Crippen LogP contribution in [0.2, 0.25) is 5.02 Å². The van der Waals surface area contributed by atoms with Gasteiger partial charge in [0, 0.05) is 36.3 Å². The highest BCUT2D eigenvalue weighted by Gasteiger charge is 2.43. The Labute approximate surface area is 193 Å². The SMILES string of the molecule is Cc1[nH]c2c(COCN)cc(F)c(N3CCC4CCN(C(=O)OC(C)(C)C)C4C3)c2c1Cl. The molecule has 0 aliphatic carbocycles. The minimum atomic E-state index is -0.556. The normalized spacial score (nSPS) is 21.3. The van der Waals surface area contributed by atoms with Crippen LogP contribution in [-0.4, -0.2) is 54.0 Å². The van der Waals surface area contributed by atoms with Crippen molar-refractivity contribution in [1.29, 1.82) is 0 Å². The predicted molar refractivity (Wildman–Crippen MR) is 124 cm³/mol. The monoisotopic (exact) mass is 466 g/mol. The number of hydrogen-bond acceptors (Lipinski definition) is 5. The standard InChI is InChI=1S/C23H32ClFN4O3/c1-13-19(24)18-20(27-13)15(11-31-12-26)9-16(25)21(18)28-7-5-14-6-8-29(17(14)10-28)22(30)32-23(2,3)4/h9,14,17,27H,5-8,10-12,26H2,1-4H3. The highest BCUT2D eigenvalue weighted by molar-refractivity contribution is 6.37. The number of benzene rings is 1. The van der Waals surface area contributed by atoms with Crippen molar-refractivity contribution in [3.8, 4) is 0 Å². The van der Waals surface area contributed by atoms with Crippen molar-refractivity contribution in [2.75, 3.05) is 31.3 Å². The summed E-state index contributed by atoms with van der Waals surface area (Å²) in [6.07, 6.45) is 1.51. The third kappa shape index (κ3) is 4.28. The maximum atomic E-state index is 15.5. The molecule has 0 bridgehead atoms. The van der Waals surface area contributed by atoms with Crippen molar-refractivity contribution >= 4 is 34.3 Å². The van der Waals surface area contributed by atoms with Crippen molar-refractivity contribution in [2.24, 2.45) is 11.7 Å². The first-order valence-electron chi connectivity index (χ1n) is 11.1. The average molecular weight is 467 g/mol. The Morgan fingerprint density at radius 1 is 1.34 bits per heavy atom. The summed E-state index contributed by atoms with van der Waals surface area (Å²) in [5.74, 6) is 0.0345. The fourth-order valence-electron chi connectivity index (χ4n) is 4.96. The fourth-order valence-corrected chi connectivity index (χ4v) is 5.19. The van der Waals surface area contributed by atoms with E-state index < -0.39 is 5.60 Å². The van der Waals surface area contributed by atoms with Gasteiger partial charge in [0.25, 0.3) is 0 Å². The number of anilines is 1. The lowest BCUT2D eigenvalue weighted by Crippen LogP contribution is -2.51. The number of aryl methyl sites for hydroxylation is 1. The van der Waals surface area contributed by atoms with Crippen LogP contribution < -0.4 is 10.6 Å². The van der Waals surface area contributed by atoms with Gasteiger partial charge in [-0.25, -0.2) is 9.18 Å². The van der Waals surface area contributed by atoms with Crippen LogP contribution >= 0.6 is 11.6 Å². The van der Waals surface area contributed by atoms with Crippen molar-refractivity contribution in [3.05, 3.63) is 28.2 Å². The molecule has 0 radical (unpaired) electrons. The number of rotatable bonds is 4. The van der Waals surface area contributed by atoms with Gasteiger partial charge in [-0.15, -0.1) is 0 Å². The zero-order valence-corrected chi connectivity index (χ0v) is 19.9. The van der Waals surface area contributed by atoms with Gasteiger partial charge in [-0.1, -0.05) is 11.6 Å². The first kappa shape index (κ1) is 23.1. The number of ether oxygens (including phenoxy) is 2. The van der Waals surface area contributed by atoms with E-state index >= 15 is 4.39 Å². The van der Waals surface area contributed by atoms with Crippen LogP contribution in [0.1, 0.15) is 44.9 Å². The lowest BCUT2D eigenvalue weighted by Gasteiger charge is -2.40. The van der Waals surface area contributed by atoms with E-state index in [9.17, 15) is 4.79 Å². The fraction of sp³-hybridized carbons (Fsp3) is 0.609. The zero-order chi connectivity index (χ0) is 23.2. The number of H-pyrrole nitrogens is 1. The quantitative estimate of drug-likeness (QED) is 0.646. The molecule has 9 heteroatoms. The molecule has 3 N–H and O–H groups in total. The van der Waals surface area contributed by atoms with Crippen molar-refractivity contribution in [2.45, 2.75) is 58.8 Å². The molecule has 2 aromatic rings. The van der Waals surface area contributed by atoms with E-state index in [2.05, 4.69) is 4.98 Å². The molecular formula is C23H32ClFN4O3. The number of nitrogens with zero attached hydrogens (tertiary/aromatic N) is 2. The summed E-state index contributed by atoms with van der Waals surface area (Å²) in [6.45, 7) is 9.60. The number of carbonyl (C=O) groups excluding carboxylic acids is 1. The topological polar surface area (TPSA) is 83.8 Å². The highest BCUT2D eigenvalue weighted by Crippen LogP contribution is 2.42. The van der Waals surface area contributed by atoms with Gasteiger partial charge in [0.2, 0.25) is 0 Å². The van der Waals surface area contributed by atoms with Crippen LogP contribution in [-0.2, 0) is 16.1 Å². The van der Waals surface area contributed by atoms with E-state index in [-0.39, 0.29) is 31.3 Å². The van der Waals surface area contributed by atoms with Gasteiger partial charge in [-0.2, -0.15) is 0 Å². The number of amides is 1. The minimum absolute atomic E-state index is 0.0212. The molecule has 176 valence electrons. The molecular weight excluding hydrogens is 435 g/mol. The molecule has 1 aromatic heterocycles.